The highest BCUT2D eigenvalue weighted by Gasteiger charge is 2.27. The Morgan fingerprint density at radius 3 is 2.83 bits per heavy atom. The summed E-state index contributed by atoms with van der Waals surface area (Å²) in [4.78, 5) is 12.4. The zero-order valence-corrected chi connectivity index (χ0v) is 17.0. The smallest absolute Gasteiger partial charge is 0.277 e. The number of thioether (sulfide) groups is 1. The van der Waals surface area contributed by atoms with Crippen LogP contribution in [0, 0.1) is 6.92 Å². The van der Waals surface area contributed by atoms with E-state index in [0.717, 1.165) is 23.2 Å². The second-order valence-electron chi connectivity index (χ2n) is 6.57. The monoisotopic (exact) mass is 411 g/mol. The molecular formula is C21H21N3O4S. The fourth-order valence-corrected chi connectivity index (χ4v) is 3.62. The lowest BCUT2D eigenvalue weighted by molar-refractivity contribution is -0.113. The Morgan fingerprint density at radius 2 is 2.00 bits per heavy atom. The van der Waals surface area contributed by atoms with E-state index in [1.807, 2.05) is 49.4 Å². The minimum absolute atomic E-state index is 0.120. The molecule has 1 aromatic heterocycles. The van der Waals surface area contributed by atoms with Crippen molar-refractivity contribution in [3.05, 3.63) is 59.5 Å². The van der Waals surface area contributed by atoms with Gasteiger partial charge in [-0.2, -0.15) is 0 Å². The van der Waals surface area contributed by atoms with Crippen LogP contribution in [-0.4, -0.2) is 28.5 Å². The molecule has 1 aliphatic heterocycles. The van der Waals surface area contributed by atoms with Crippen LogP contribution >= 0.6 is 11.8 Å². The second kappa shape index (κ2) is 8.57. The third-order valence-electron chi connectivity index (χ3n) is 4.54. The Bertz CT molecular complexity index is 1020. The number of hydrogen-bond donors (Lipinski definition) is 1. The number of anilines is 1. The Hall–Kier alpha value is -3.00. The quantitative estimate of drug-likeness (QED) is 0.609. The third-order valence-corrected chi connectivity index (χ3v) is 5.36. The minimum atomic E-state index is -0.473. The minimum Gasteiger partial charge on any atom is -0.485 e. The maximum atomic E-state index is 12.4. The van der Waals surface area contributed by atoms with Gasteiger partial charge in [-0.3, -0.25) is 4.79 Å². The summed E-state index contributed by atoms with van der Waals surface area (Å²) in [5, 5.41) is 11.4. The molecule has 1 aliphatic rings. The van der Waals surface area contributed by atoms with E-state index in [4.69, 9.17) is 13.9 Å². The summed E-state index contributed by atoms with van der Waals surface area (Å²) in [7, 11) is 0. The number of ether oxygens (including phenoxy) is 2. The molecule has 0 aliphatic carbocycles. The number of hydrogen-bond acceptors (Lipinski definition) is 7. The Morgan fingerprint density at radius 1 is 1.17 bits per heavy atom. The molecule has 0 saturated carbocycles. The summed E-state index contributed by atoms with van der Waals surface area (Å²) in [6.45, 7) is 4.34. The van der Waals surface area contributed by atoms with E-state index in [1.54, 1.807) is 0 Å². The van der Waals surface area contributed by atoms with Gasteiger partial charge in [0.15, 0.2) is 11.5 Å². The molecule has 1 atom stereocenters. The average molecular weight is 411 g/mol. The van der Waals surface area contributed by atoms with Crippen LogP contribution in [0.1, 0.15) is 30.0 Å². The Balaban J connectivity index is 1.35. The van der Waals surface area contributed by atoms with Gasteiger partial charge in [-0.25, -0.2) is 0 Å². The van der Waals surface area contributed by atoms with Crippen LogP contribution in [0.4, 0.5) is 5.69 Å². The molecule has 2 heterocycles. The molecular weight excluding hydrogens is 390 g/mol. The van der Waals surface area contributed by atoms with Crippen molar-refractivity contribution in [2.24, 2.45) is 0 Å². The van der Waals surface area contributed by atoms with E-state index < -0.39 is 6.10 Å². The van der Waals surface area contributed by atoms with Crippen LogP contribution in [-0.2, 0) is 11.2 Å². The van der Waals surface area contributed by atoms with E-state index in [0.29, 0.717) is 22.6 Å². The lowest BCUT2D eigenvalue weighted by atomic mass is 10.1. The van der Waals surface area contributed by atoms with Gasteiger partial charge in [-0.05, 0) is 36.6 Å². The summed E-state index contributed by atoms with van der Waals surface area (Å²) in [5.74, 6) is 1.71. The number of para-hydroxylation sites is 3. The first kappa shape index (κ1) is 19.3. The number of aryl methyl sites for hydroxylation is 2. The lowest BCUT2D eigenvalue weighted by Crippen LogP contribution is -2.21. The van der Waals surface area contributed by atoms with Gasteiger partial charge in [0, 0.05) is 5.69 Å². The van der Waals surface area contributed by atoms with Crippen LogP contribution < -0.4 is 14.8 Å². The topological polar surface area (TPSA) is 86.5 Å². The number of carbonyl (C=O) groups excluding carboxylic acids is 1. The van der Waals surface area contributed by atoms with Crippen molar-refractivity contribution in [1.29, 1.82) is 0 Å². The van der Waals surface area contributed by atoms with Gasteiger partial charge in [-0.1, -0.05) is 49.0 Å². The SMILES string of the molecule is CCc1cccc(C)c1NC(=O)CSc1nnc([C@H]2COc3ccccc3O2)o1. The highest BCUT2D eigenvalue weighted by atomic mass is 32.2. The first-order valence-corrected chi connectivity index (χ1v) is 10.4. The molecule has 0 unspecified atom stereocenters. The van der Waals surface area contributed by atoms with E-state index in [-0.39, 0.29) is 18.3 Å². The van der Waals surface area contributed by atoms with Crippen molar-refractivity contribution >= 4 is 23.4 Å². The van der Waals surface area contributed by atoms with Crippen molar-refractivity contribution in [3.63, 3.8) is 0 Å². The van der Waals surface area contributed by atoms with Crippen LogP contribution in [0.15, 0.2) is 52.1 Å². The van der Waals surface area contributed by atoms with Crippen molar-refractivity contribution < 1.29 is 18.7 Å². The van der Waals surface area contributed by atoms with Crippen molar-refractivity contribution in [2.45, 2.75) is 31.6 Å². The highest BCUT2D eigenvalue weighted by molar-refractivity contribution is 7.99. The predicted octanol–water partition coefficient (Wildman–Crippen LogP) is 4.18. The van der Waals surface area contributed by atoms with Gasteiger partial charge >= 0.3 is 0 Å². The summed E-state index contributed by atoms with van der Waals surface area (Å²) in [6.07, 6.45) is 0.379. The number of aromatic nitrogens is 2. The zero-order valence-electron chi connectivity index (χ0n) is 16.2. The maximum Gasteiger partial charge on any atom is 0.277 e. The molecule has 1 amide bonds. The molecule has 1 N–H and O–H groups in total. The zero-order chi connectivity index (χ0) is 20.2. The van der Waals surface area contributed by atoms with Crippen LogP contribution in [0.25, 0.3) is 0 Å². The molecule has 0 spiro atoms. The third kappa shape index (κ3) is 4.37. The predicted molar refractivity (Wildman–Crippen MR) is 110 cm³/mol. The van der Waals surface area contributed by atoms with Crippen LogP contribution in [0.5, 0.6) is 11.5 Å². The number of benzene rings is 2. The van der Waals surface area contributed by atoms with Gasteiger partial charge in [0.25, 0.3) is 11.1 Å². The van der Waals surface area contributed by atoms with Crippen LogP contribution in [0.3, 0.4) is 0 Å². The fourth-order valence-electron chi connectivity index (χ4n) is 3.05. The molecule has 0 saturated heterocycles. The second-order valence-corrected chi connectivity index (χ2v) is 7.50. The summed E-state index contributed by atoms with van der Waals surface area (Å²) in [5.41, 5.74) is 3.02. The lowest BCUT2D eigenvalue weighted by Gasteiger charge is -2.23. The van der Waals surface area contributed by atoms with Crippen molar-refractivity contribution in [3.8, 4) is 11.5 Å². The normalized spacial score (nSPS) is 15.2. The number of nitrogens with zero attached hydrogens (tertiary/aromatic N) is 2. The van der Waals surface area contributed by atoms with Gasteiger partial charge in [0.1, 0.15) is 6.61 Å². The molecule has 7 nitrogen and oxygen atoms in total. The fraction of sp³-hybridized carbons (Fsp3) is 0.286. The number of rotatable bonds is 6. The van der Waals surface area contributed by atoms with Crippen molar-refractivity contribution in [2.75, 3.05) is 17.7 Å². The molecule has 3 aromatic rings. The summed E-state index contributed by atoms with van der Waals surface area (Å²) >= 11 is 1.19. The molecule has 0 bridgehead atoms. The Kier molecular flexibility index (Phi) is 5.71. The largest absolute Gasteiger partial charge is 0.485 e. The average Bonchev–Trinajstić information content (AvgIpc) is 3.22. The molecule has 0 radical (unpaired) electrons. The molecule has 2 aromatic carbocycles. The first-order chi connectivity index (χ1) is 14.1. The van der Waals surface area contributed by atoms with E-state index in [9.17, 15) is 4.79 Å². The van der Waals surface area contributed by atoms with Crippen LogP contribution in [0.2, 0.25) is 0 Å². The van der Waals surface area contributed by atoms with Crippen molar-refractivity contribution in [1.82, 2.24) is 10.2 Å². The molecule has 29 heavy (non-hydrogen) atoms. The Labute approximate surface area is 172 Å². The highest BCUT2D eigenvalue weighted by Crippen LogP contribution is 2.36. The molecule has 8 heteroatoms. The number of fused-ring (bicyclic) bond motifs is 1. The number of amides is 1. The van der Waals surface area contributed by atoms with E-state index >= 15 is 0 Å². The molecule has 150 valence electrons. The van der Waals surface area contributed by atoms with E-state index in [2.05, 4.69) is 22.4 Å². The van der Waals surface area contributed by atoms with Gasteiger partial charge in [0.2, 0.25) is 12.0 Å². The summed E-state index contributed by atoms with van der Waals surface area (Å²) in [6, 6.07) is 13.4. The maximum absolute atomic E-state index is 12.4. The van der Waals surface area contributed by atoms with Gasteiger partial charge in [0.05, 0.1) is 5.75 Å². The molecule has 4 rings (SSSR count). The number of nitrogens with one attached hydrogen (secondary N) is 1. The molecule has 0 fully saturated rings. The number of carbonyl (C=O) groups is 1. The van der Waals surface area contributed by atoms with Gasteiger partial charge in [-0.15, -0.1) is 10.2 Å². The standard InChI is InChI=1S/C21H21N3O4S/c1-3-14-8-6-7-13(2)19(14)22-18(25)12-29-21-24-23-20(28-21)17-11-26-15-9-4-5-10-16(15)27-17/h4-10,17H,3,11-12H2,1-2H3,(H,22,25)/t17-/m1/s1. The summed E-state index contributed by atoms with van der Waals surface area (Å²) < 4.78 is 17.2. The first-order valence-electron chi connectivity index (χ1n) is 9.37. The van der Waals surface area contributed by atoms with E-state index in [1.165, 1.54) is 11.8 Å². The van der Waals surface area contributed by atoms with Gasteiger partial charge < -0.3 is 19.2 Å².